The van der Waals surface area contributed by atoms with Crippen molar-refractivity contribution in [1.29, 1.82) is 0 Å². The van der Waals surface area contributed by atoms with Gasteiger partial charge >= 0.3 is 11.9 Å². The number of imidazole rings is 1. The molecule has 2 N–H and O–H groups in total. The SMILES string of the molecule is CCCCCCCCCCCCNC(=O)/C=C/c1ccc(-c2c(-c3ccc(OCC(=O)OCC)cc3)nc(-c3ccc(C4=NOC(C(=O)O)C4)cc3)n2C)cc1. The molecule has 0 saturated heterocycles. The highest BCUT2D eigenvalue weighted by molar-refractivity contribution is 6.03. The van der Waals surface area contributed by atoms with Crippen LogP contribution in [0, 0.1) is 0 Å². The largest absolute Gasteiger partial charge is 0.482 e. The molecule has 0 fully saturated rings. The van der Waals surface area contributed by atoms with E-state index in [1.165, 1.54) is 51.4 Å². The lowest BCUT2D eigenvalue weighted by atomic mass is 10.0. The highest BCUT2D eigenvalue weighted by atomic mass is 16.7. The minimum absolute atomic E-state index is 0.0986. The van der Waals surface area contributed by atoms with Crippen LogP contribution in [0.2, 0.25) is 0 Å². The van der Waals surface area contributed by atoms with E-state index in [1.54, 1.807) is 25.1 Å². The Bertz CT molecular complexity index is 1950. The zero-order valence-corrected chi connectivity index (χ0v) is 32.8. The molecule has 1 aliphatic rings. The van der Waals surface area contributed by atoms with E-state index in [0.717, 1.165) is 57.9 Å². The highest BCUT2D eigenvalue weighted by Gasteiger charge is 2.28. The van der Waals surface area contributed by atoms with Crippen molar-refractivity contribution >= 4 is 29.6 Å². The Morgan fingerprint density at radius 3 is 2.05 bits per heavy atom. The fourth-order valence-electron chi connectivity index (χ4n) is 6.64. The molecule has 11 heteroatoms. The molecule has 0 saturated carbocycles. The molecule has 0 spiro atoms. The summed E-state index contributed by atoms with van der Waals surface area (Å²) in [5.41, 5.74) is 6.52. The third kappa shape index (κ3) is 11.9. The Morgan fingerprint density at radius 1 is 0.821 bits per heavy atom. The van der Waals surface area contributed by atoms with Crippen LogP contribution in [0.15, 0.2) is 84.0 Å². The van der Waals surface area contributed by atoms with Crippen LogP contribution in [0.4, 0.5) is 0 Å². The summed E-state index contributed by atoms with van der Waals surface area (Å²) >= 11 is 0. The first-order valence-corrected chi connectivity index (χ1v) is 19.9. The second kappa shape index (κ2) is 21.4. The average molecular weight is 763 g/mol. The van der Waals surface area contributed by atoms with Gasteiger partial charge in [0.05, 0.1) is 23.7 Å². The third-order valence-electron chi connectivity index (χ3n) is 9.75. The fourth-order valence-corrected chi connectivity index (χ4v) is 6.64. The number of carbonyl (C=O) groups excluding carboxylic acids is 2. The maximum absolute atomic E-state index is 12.5. The molecule has 2 heterocycles. The summed E-state index contributed by atoms with van der Waals surface area (Å²) in [6.45, 7) is 4.78. The van der Waals surface area contributed by atoms with Gasteiger partial charge in [-0.05, 0) is 54.8 Å². The fraction of sp³-hybridized carbons (Fsp3) is 0.400. The molecular weight excluding hydrogens is 709 g/mol. The lowest BCUT2D eigenvalue weighted by Gasteiger charge is -2.10. The van der Waals surface area contributed by atoms with Crippen LogP contribution in [-0.2, 0) is 31.0 Å². The second-order valence-corrected chi connectivity index (χ2v) is 14.0. The minimum Gasteiger partial charge on any atom is -0.482 e. The van der Waals surface area contributed by atoms with Crippen molar-refractivity contribution in [2.24, 2.45) is 12.2 Å². The predicted molar refractivity (Wildman–Crippen MR) is 219 cm³/mol. The van der Waals surface area contributed by atoms with Gasteiger partial charge in [-0.15, -0.1) is 0 Å². The summed E-state index contributed by atoms with van der Waals surface area (Å²) in [7, 11) is 1.96. The van der Waals surface area contributed by atoms with Crippen LogP contribution in [0.25, 0.3) is 40.0 Å². The molecule has 296 valence electrons. The van der Waals surface area contributed by atoms with Crippen LogP contribution in [-0.4, -0.2) is 64.1 Å². The average Bonchev–Trinajstić information content (AvgIpc) is 3.85. The van der Waals surface area contributed by atoms with E-state index in [-0.39, 0.29) is 25.5 Å². The Morgan fingerprint density at radius 2 is 1.43 bits per heavy atom. The molecule has 3 aromatic carbocycles. The lowest BCUT2D eigenvalue weighted by molar-refractivity contribution is -0.148. The summed E-state index contributed by atoms with van der Waals surface area (Å²) in [6.07, 6.45) is 15.2. The number of ether oxygens (including phenoxy) is 2. The van der Waals surface area contributed by atoms with Gasteiger partial charge in [-0.2, -0.15) is 0 Å². The van der Waals surface area contributed by atoms with E-state index in [4.69, 9.17) is 19.3 Å². The highest BCUT2D eigenvalue weighted by Crippen LogP contribution is 2.36. The van der Waals surface area contributed by atoms with Crippen molar-refractivity contribution in [1.82, 2.24) is 14.9 Å². The maximum atomic E-state index is 12.5. The molecule has 0 radical (unpaired) electrons. The van der Waals surface area contributed by atoms with Gasteiger partial charge < -0.3 is 29.3 Å². The van der Waals surface area contributed by atoms with Crippen LogP contribution in [0.3, 0.4) is 0 Å². The monoisotopic (exact) mass is 762 g/mol. The zero-order chi connectivity index (χ0) is 39.7. The Kier molecular flexibility index (Phi) is 15.8. The number of nitrogens with one attached hydrogen (secondary N) is 1. The van der Waals surface area contributed by atoms with Gasteiger partial charge in [0.1, 0.15) is 11.6 Å². The smallest absolute Gasteiger partial charge is 0.348 e. The first-order valence-electron chi connectivity index (χ1n) is 19.9. The van der Waals surface area contributed by atoms with Gasteiger partial charge in [0.15, 0.2) is 6.61 Å². The van der Waals surface area contributed by atoms with E-state index in [9.17, 15) is 19.5 Å². The zero-order valence-electron chi connectivity index (χ0n) is 32.8. The van der Waals surface area contributed by atoms with Crippen molar-refractivity contribution < 1.29 is 33.8 Å². The predicted octanol–water partition coefficient (Wildman–Crippen LogP) is 8.99. The Hall–Kier alpha value is -5.71. The van der Waals surface area contributed by atoms with Crippen LogP contribution in [0.5, 0.6) is 5.75 Å². The van der Waals surface area contributed by atoms with Gasteiger partial charge in [-0.3, -0.25) is 4.79 Å². The number of aromatic nitrogens is 2. The van der Waals surface area contributed by atoms with Gasteiger partial charge in [-0.25, -0.2) is 14.6 Å². The van der Waals surface area contributed by atoms with Crippen molar-refractivity contribution in [3.05, 3.63) is 90.0 Å². The first kappa shape index (κ1) is 41.5. The van der Waals surface area contributed by atoms with Crippen LogP contribution < -0.4 is 10.1 Å². The second-order valence-electron chi connectivity index (χ2n) is 14.0. The number of carbonyl (C=O) groups is 3. The lowest BCUT2D eigenvalue weighted by Crippen LogP contribution is -2.21. The number of oxime groups is 1. The number of carboxylic acids is 1. The number of unbranched alkanes of at least 4 members (excludes halogenated alkanes) is 9. The number of hydrogen-bond acceptors (Lipinski definition) is 8. The summed E-state index contributed by atoms with van der Waals surface area (Å²) in [6, 6.07) is 23.0. The molecule has 11 nitrogen and oxygen atoms in total. The molecule has 1 unspecified atom stereocenters. The van der Waals surface area contributed by atoms with E-state index in [0.29, 0.717) is 18.0 Å². The topological polar surface area (TPSA) is 141 Å². The summed E-state index contributed by atoms with van der Waals surface area (Å²) in [5, 5.41) is 16.3. The van der Waals surface area contributed by atoms with Gasteiger partial charge in [0, 0.05) is 42.8 Å². The maximum Gasteiger partial charge on any atom is 0.348 e. The van der Waals surface area contributed by atoms with Crippen LogP contribution >= 0.6 is 0 Å². The molecule has 0 aliphatic carbocycles. The molecule has 1 aliphatic heterocycles. The standard InChI is InChI=1S/C45H54N4O7/c1-4-6-7-8-9-10-11-12-13-14-29-46-40(50)28-17-32-15-18-35(19-16-32)43-42(34-24-26-37(27-25-34)55-31-41(51)54-5-2)47-44(49(43)3)36-22-20-33(21-23-36)38-30-39(45(52)53)56-48-38/h15-28,39H,4-14,29-31H2,1-3H3,(H,46,50)(H,52,53)/b28-17+. The number of aliphatic carboxylic acids is 1. The molecule has 1 aromatic heterocycles. The number of carboxylic acid groups (broad SMARTS) is 1. The van der Waals surface area contributed by atoms with Gasteiger partial charge in [0.25, 0.3) is 0 Å². The van der Waals surface area contributed by atoms with Gasteiger partial charge in [0.2, 0.25) is 12.0 Å². The normalized spacial score (nSPS) is 13.7. The molecule has 1 atom stereocenters. The van der Waals surface area contributed by atoms with Crippen LogP contribution in [0.1, 0.15) is 95.6 Å². The minimum atomic E-state index is -1.05. The molecule has 4 aromatic rings. The van der Waals surface area contributed by atoms with Crippen molar-refractivity contribution in [2.75, 3.05) is 19.8 Å². The Labute approximate surface area is 329 Å². The molecule has 1 amide bonds. The van der Waals surface area contributed by atoms with E-state index < -0.39 is 18.0 Å². The quantitative estimate of drug-likeness (QED) is 0.0459. The summed E-state index contributed by atoms with van der Waals surface area (Å²) in [4.78, 5) is 45.9. The number of nitrogens with zero attached hydrogens (tertiary/aromatic N) is 3. The molecular formula is C45H54N4O7. The van der Waals surface area contributed by atoms with Gasteiger partial charge in [-0.1, -0.05) is 118 Å². The van der Waals surface area contributed by atoms with E-state index >= 15 is 0 Å². The molecule has 0 bridgehead atoms. The Balaban J connectivity index is 1.27. The number of benzene rings is 3. The van der Waals surface area contributed by atoms with E-state index in [2.05, 4.69) is 17.4 Å². The third-order valence-corrected chi connectivity index (χ3v) is 9.75. The summed E-state index contributed by atoms with van der Waals surface area (Å²) in [5.74, 6) is -0.324. The van der Waals surface area contributed by atoms with E-state index in [1.807, 2.05) is 78.4 Å². The summed E-state index contributed by atoms with van der Waals surface area (Å²) < 4.78 is 12.6. The van der Waals surface area contributed by atoms with Crippen molar-refractivity contribution in [3.63, 3.8) is 0 Å². The van der Waals surface area contributed by atoms with Crippen molar-refractivity contribution in [3.8, 4) is 39.7 Å². The first-order chi connectivity index (χ1) is 27.3. The van der Waals surface area contributed by atoms with Crippen molar-refractivity contribution in [2.45, 2.75) is 90.6 Å². The number of esters is 1. The molecule has 5 rings (SSSR count). The molecule has 56 heavy (non-hydrogen) atoms. The number of rotatable bonds is 22. The number of hydrogen-bond donors (Lipinski definition) is 2. The number of amides is 1.